The van der Waals surface area contributed by atoms with E-state index in [4.69, 9.17) is 15.6 Å². The molecule has 3 N–H and O–H groups in total. The van der Waals surface area contributed by atoms with Crippen molar-refractivity contribution in [2.24, 2.45) is 11.7 Å². The minimum Gasteiger partial charge on any atom is -0.480 e. The number of hydrogen-bond acceptors (Lipinski definition) is 4. The van der Waals surface area contributed by atoms with Crippen LogP contribution in [-0.2, 0) is 9.53 Å². The molecule has 0 fully saturated rings. The fourth-order valence-electron chi connectivity index (χ4n) is 1.46. The molecule has 5 heteroatoms. The Kier molecular flexibility index (Phi) is 7.29. The first-order chi connectivity index (χ1) is 7.02. The van der Waals surface area contributed by atoms with E-state index in [0.717, 1.165) is 6.54 Å². The van der Waals surface area contributed by atoms with Crippen molar-refractivity contribution in [3.63, 3.8) is 0 Å². The van der Waals surface area contributed by atoms with Crippen LogP contribution in [0.1, 0.15) is 13.8 Å². The lowest BCUT2D eigenvalue weighted by atomic mass is 10.1. The molecular weight excluding hydrogens is 196 g/mol. The molecule has 5 nitrogen and oxygen atoms in total. The van der Waals surface area contributed by atoms with Crippen molar-refractivity contribution in [3.05, 3.63) is 0 Å². The fourth-order valence-corrected chi connectivity index (χ4v) is 1.46. The van der Waals surface area contributed by atoms with E-state index in [1.54, 1.807) is 7.11 Å². The van der Waals surface area contributed by atoms with Crippen LogP contribution in [0.25, 0.3) is 0 Å². The normalized spacial score (nSPS) is 13.5. The van der Waals surface area contributed by atoms with Crippen LogP contribution in [-0.4, -0.2) is 55.4 Å². The highest BCUT2D eigenvalue weighted by Crippen LogP contribution is 2.04. The molecule has 0 radical (unpaired) electrons. The molecule has 1 atom stereocenters. The lowest BCUT2D eigenvalue weighted by Crippen LogP contribution is -2.48. The molecule has 0 amide bonds. The second kappa shape index (κ2) is 7.62. The zero-order valence-corrected chi connectivity index (χ0v) is 9.77. The third kappa shape index (κ3) is 5.71. The van der Waals surface area contributed by atoms with E-state index in [0.29, 0.717) is 19.1 Å². The van der Waals surface area contributed by atoms with E-state index in [2.05, 4.69) is 13.8 Å². The van der Waals surface area contributed by atoms with Gasteiger partial charge in [0, 0.05) is 26.7 Å². The number of rotatable bonds is 8. The molecule has 1 unspecified atom stereocenters. The van der Waals surface area contributed by atoms with Crippen molar-refractivity contribution in [2.45, 2.75) is 19.9 Å². The number of nitrogens with zero attached hydrogens (tertiary/aromatic N) is 1. The second-order valence-electron chi connectivity index (χ2n) is 3.97. The van der Waals surface area contributed by atoms with Gasteiger partial charge < -0.3 is 15.6 Å². The minimum absolute atomic E-state index is 0.131. The number of aliphatic carboxylic acids is 1. The topological polar surface area (TPSA) is 75.8 Å². The lowest BCUT2D eigenvalue weighted by molar-refractivity contribution is -0.143. The molecule has 0 heterocycles. The van der Waals surface area contributed by atoms with E-state index >= 15 is 0 Å². The summed E-state index contributed by atoms with van der Waals surface area (Å²) in [5.41, 5.74) is 5.46. The average molecular weight is 218 g/mol. The summed E-state index contributed by atoms with van der Waals surface area (Å²) in [4.78, 5) is 12.8. The summed E-state index contributed by atoms with van der Waals surface area (Å²) >= 11 is 0. The van der Waals surface area contributed by atoms with E-state index in [9.17, 15) is 4.79 Å². The van der Waals surface area contributed by atoms with Gasteiger partial charge in [0.2, 0.25) is 0 Å². The van der Waals surface area contributed by atoms with Crippen LogP contribution in [0.2, 0.25) is 0 Å². The number of ether oxygens (including phenoxy) is 1. The standard InChI is InChI=1S/C10H22N2O3/c1-8(2)7-12(4-5-15-3)9(6-11)10(13)14/h8-9H,4-7,11H2,1-3H3,(H,13,14). The third-order valence-corrected chi connectivity index (χ3v) is 2.13. The molecule has 90 valence electrons. The molecule has 0 rings (SSSR count). The van der Waals surface area contributed by atoms with Gasteiger partial charge in [-0.1, -0.05) is 13.8 Å². The molecule has 0 aromatic carbocycles. The van der Waals surface area contributed by atoms with Gasteiger partial charge in [-0.2, -0.15) is 0 Å². The zero-order valence-electron chi connectivity index (χ0n) is 9.77. The Hall–Kier alpha value is -0.650. The Morgan fingerprint density at radius 1 is 1.53 bits per heavy atom. The van der Waals surface area contributed by atoms with Gasteiger partial charge in [0.05, 0.1) is 6.61 Å². The third-order valence-electron chi connectivity index (χ3n) is 2.13. The maximum Gasteiger partial charge on any atom is 0.322 e. The van der Waals surface area contributed by atoms with Crippen molar-refractivity contribution < 1.29 is 14.6 Å². The maximum absolute atomic E-state index is 11.0. The molecule has 0 aliphatic carbocycles. The zero-order chi connectivity index (χ0) is 11.8. The summed E-state index contributed by atoms with van der Waals surface area (Å²) in [5.74, 6) is -0.454. The SMILES string of the molecule is COCCN(CC(C)C)C(CN)C(=O)O. The molecule has 0 spiro atoms. The van der Waals surface area contributed by atoms with Crippen molar-refractivity contribution >= 4 is 5.97 Å². The number of nitrogens with two attached hydrogens (primary N) is 1. The first kappa shape index (κ1) is 14.3. The maximum atomic E-state index is 11.0. The van der Waals surface area contributed by atoms with E-state index in [1.165, 1.54) is 0 Å². The minimum atomic E-state index is -0.866. The molecule has 15 heavy (non-hydrogen) atoms. The van der Waals surface area contributed by atoms with Crippen molar-refractivity contribution in [1.29, 1.82) is 0 Å². The Bertz CT molecular complexity index is 186. The van der Waals surface area contributed by atoms with Gasteiger partial charge in [-0.25, -0.2) is 0 Å². The van der Waals surface area contributed by atoms with Gasteiger partial charge in [0.15, 0.2) is 0 Å². The molecule has 0 aliphatic heterocycles. The number of carboxylic acids is 1. The Balaban J connectivity index is 4.35. The predicted molar refractivity (Wildman–Crippen MR) is 58.8 cm³/mol. The van der Waals surface area contributed by atoms with E-state index < -0.39 is 12.0 Å². The predicted octanol–water partition coefficient (Wildman–Crippen LogP) is 0.00270. The number of methoxy groups -OCH3 is 1. The van der Waals surface area contributed by atoms with E-state index in [1.807, 2.05) is 4.90 Å². The number of hydrogen-bond donors (Lipinski definition) is 2. The van der Waals surface area contributed by atoms with Crippen LogP contribution in [0, 0.1) is 5.92 Å². The van der Waals surface area contributed by atoms with Gasteiger partial charge >= 0.3 is 5.97 Å². The molecule has 0 aromatic rings. The van der Waals surface area contributed by atoms with Crippen molar-refractivity contribution in [2.75, 3.05) is 33.4 Å². The number of carbonyl (C=O) groups is 1. The summed E-state index contributed by atoms with van der Waals surface area (Å²) in [6.45, 7) is 6.08. The average Bonchev–Trinajstić information content (AvgIpc) is 2.13. The molecule has 0 saturated heterocycles. The Morgan fingerprint density at radius 2 is 2.13 bits per heavy atom. The second-order valence-corrected chi connectivity index (χ2v) is 3.97. The van der Waals surface area contributed by atoms with Gasteiger partial charge in [0.25, 0.3) is 0 Å². The van der Waals surface area contributed by atoms with Crippen LogP contribution >= 0.6 is 0 Å². The van der Waals surface area contributed by atoms with Crippen molar-refractivity contribution in [3.8, 4) is 0 Å². The summed E-state index contributed by atoms with van der Waals surface area (Å²) in [6, 6.07) is -0.609. The van der Waals surface area contributed by atoms with Crippen LogP contribution in [0.3, 0.4) is 0 Å². The Morgan fingerprint density at radius 3 is 2.47 bits per heavy atom. The fraction of sp³-hybridized carbons (Fsp3) is 0.900. The largest absolute Gasteiger partial charge is 0.480 e. The highest BCUT2D eigenvalue weighted by molar-refractivity contribution is 5.73. The molecule has 0 bridgehead atoms. The summed E-state index contributed by atoms with van der Waals surface area (Å²) in [7, 11) is 1.60. The molecule has 0 aromatic heterocycles. The van der Waals surface area contributed by atoms with Crippen LogP contribution in [0.5, 0.6) is 0 Å². The van der Waals surface area contributed by atoms with Crippen LogP contribution in [0.15, 0.2) is 0 Å². The quantitative estimate of drug-likeness (QED) is 0.600. The van der Waals surface area contributed by atoms with Gasteiger partial charge in [0.1, 0.15) is 6.04 Å². The van der Waals surface area contributed by atoms with E-state index in [-0.39, 0.29) is 6.54 Å². The highest BCUT2D eigenvalue weighted by atomic mass is 16.5. The highest BCUT2D eigenvalue weighted by Gasteiger charge is 2.24. The summed E-state index contributed by atoms with van der Waals surface area (Å²) < 4.78 is 4.95. The van der Waals surface area contributed by atoms with Crippen LogP contribution in [0.4, 0.5) is 0 Å². The molecule has 0 saturated carbocycles. The molecule has 0 aliphatic rings. The van der Waals surface area contributed by atoms with Crippen LogP contribution < -0.4 is 5.73 Å². The lowest BCUT2D eigenvalue weighted by Gasteiger charge is -2.29. The number of carboxylic acid groups (broad SMARTS) is 1. The van der Waals surface area contributed by atoms with Crippen molar-refractivity contribution in [1.82, 2.24) is 4.90 Å². The van der Waals surface area contributed by atoms with Gasteiger partial charge in [-0.05, 0) is 5.92 Å². The Labute approximate surface area is 91.2 Å². The first-order valence-electron chi connectivity index (χ1n) is 5.18. The smallest absolute Gasteiger partial charge is 0.322 e. The summed E-state index contributed by atoms with van der Waals surface area (Å²) in [5, 5.41) is 8.99. The first-order valence-corrected chi connectivity index (χ1v) is 5.18. The van der Waals surface area contributed by atoms with Gasteiger partial charge in [-0.15, -0.1) is 0 Å². The van der Waals surface area contributed by atoms with Gasteiger partial charge in [-0.3, -0.25) is 9.69 Å². The summed E-state index contributed by atoms with van der Waals surface area (Å²) in [6.07, 6.45) is 0. The monoisotopic (exact) mass is 218 g/mol. The molecular formula is C10H22N2O3.